The van der Waals surface area contributed by atoms with E-state index in [4.69, 9.17) is 23.2 Å². The van der Waals surface area contributed by atoms with Gasteiger partial charge in [-0.15, -0.1) is 0 Å². The molecule has 0 saturated carbocycles. The maximum Gasteiger partial charge on any atom is 0.0737 e. The maximum absolute atomic E-state index is 6.10. The highest BCUT2D eigenvalue weighted by atomic mass is 35.5. The summed E-state index contributed by atoms with van der Waals surface area (Å²) in [6.07, 6.45) is 3.60. The summed E-state index contributed by atoms with van der Waals surface area (Å²) in [7, 11) is 0. The molecule has 0 atom stereocenters. The molecule has 0 amide bonds. The van der Waals surface area contributed by atoms with Crippen molar-refractivity contribution in [3.05, 3.63) is 106 Å². The lowest BCUT2D eigenvalue weighted by molar-refractivity contribution is 1.10. The average molecular weight is 459 g/mol. The van der Waals surface area contributed by atoms with E-state index in [1.165, 1.54) is 11.1 Å². The van der Waals surface area contributed by atoms with Crippen LogP contribution in [0.5, 0.6) is 0 Å². The Bertz CT molecular complexity index is 1310. The molecule has 0 aliphatic carbocycles. The van der Waals surface area contributed by atoms with Crippen molar-refractivity contribution >= 4 is 56.4 Å². The Labute approximate surface area is 196 Å². The van der Waals surface area contributed by atoms with Crippen molar-refractivity contribution < 1.29 is 0 Å². The Morgan fingerprint density at radius 1 is 0.594 bits per heavy atom. The van der Waals surface area contributed by atoms with Gasteiger partial charge in [0.05, 0.1) is 11.0 Å². The summed E-state index contributed by atoms with van der Waals surface area (Å²) in [6.45, 7) is 1.43. The van der Waals surface area contributed by atoms with E-state index >= 15 is 0 Å². The number of nitrogens with zero attached hydrogens (tertiary/aromatic N) is 2. The molecule has 4 nitrogen and oxygen atoms in total. The second-order valence-corrected chi connectivity index (χ2v) is 8.44. The molecule has 158 valence electrons. The molecule has 0 saturated heterocycles. The molecule has 2 N–H and O–H groups in total. The van der Waals surface area contributed by atoms with Crippen LogP contribution in [0.15, 0.2) is 85.2 Å². The van der Waals surface area contributed by atoms with Crippen molar-refractivity contribution in [2.45, 2.75) is 13.1 Å². The molecule has 2 heterocycles. The summed E-state index contributed by atoms with van der Waals surface area (Å²) in [5.74, 6) is 0. The normalized spacial score (nSPS) is 11.1. The predicted molar refractivity (Wildman–Crippen MR) is 135 cm³/mol. The van der Waals surface area contributed by atoms with Crippen molar-refractivity contribution in [3.63, 3.8) is 0 Å². The molecule has 0 unspecified atom stereocenters. The molecular formula is C26H20Cl2N4. The first-order chi connectivity index (χ1) is 15.7. The van der Waals surface area contributed by atoms with E-state index in [0.29, 0.717) is 23.1 Å². The summed E-state index contributed by atoms with van der Waals surface area (Å²) >= 11 is 12.2. The molecule has 5 rings (SSSR count). The zero-order valence-corrected chi connectivity index (χ0v) is 18.7. The van der Waals surface area contributed by atoms with Crippen LogP contribution in [0, 0.1) is 0 Å². The molecule has 6 heteroatoms. The lowest BCUT2D eigenvalue weighted by Crippen LogP contribution is -2.03. The number of nitrogens with one attached hydrogen (secondary N) is 2. The van der Waals surface area contributed by atoms with E-state index in [0.717, 1.165) is 33.2 Å². The van der Waals surface area contributed by atoms with Gasteiger partial charge in [-0.1, -0.05) is 47.5 Å². The Balaban J connectivity index is 1.30. The first kappa shape index (κ1) is 20.6. The fourth-order valence-electron chi connectivity index (χ4n) is 3.79. The van der Waals surface area contributed by atoms with Crippen molar-refractivity contribution in [2.24, 2.45) is 0 Å². The monoisotopic (exact) mass is 458 g/mol. The first-order valence-corrected chi connectivity index (χ1v) is 11.1. The summed E-state index contributed by atoms with van der Waals surface area (Å²) in [5.41, 5.74) is 6.25. The summed E-state index contributed by atoms with van der Waals surface area (Å²) < 4.78 is 0. The standard InChI is InChI=1S/C26H20Cl2N4/c27-19-4-6-21-23(8-10-29-25(21)13-19)31-15-17-2-1-3-18(12-17)16-32-24-9-11-30-26-14-20(28)5-7-22(24)26/h1-14H,15-16H2,(H,29,31)(H,30,32). The van der Waals surface area contributed by atoms with Crippen LogP contribution in [0.25, 0.3) is 21.8 Å². The Morgan fingerprint density at radius 2 is 1.09 bits per heavy atom. The smallest absolute Gasteiger partial charge is 0.0737 e. The topological polar surface area (TPSA) is 49.8 Å². The van der Waals surface area contributed by atoms with E-state index in [1.54, 1.807) is 12.4 Å². The maximum atomic E-state index is 6.10. The van der Waals surface area contributed by atoms with E-state index < -0.39 is 0 Å². The molecule has 0 spiro atoms. The van der Waals surface area contributed by atoms with Gasteiger partial charge in [0.15, 0.2) is 0 Å². The number of fused-ring (bicyclic) bond motifs is 2. The first-order valence-electron chi connectivity index (χ1n) is 10.3. The van der Waals surface area contributed by atoms with Crippen LogP contribution in [0.1, 0.15) is 11.1 Å². The molecule has 0 aliphatic rings. The van der Waals surface area contributed by atoms with Gasteiger partial charge in [-0.2, -0.15) is 0 Å². The number of benzene rings is 3. The number of halogens is 2. The minimum absolute atomic E-state index is 0.687. The van der Waals surface area contributed by atoms with E-state index in [-0.39, 0.29) is 0 Å². The molecule has 3 aromatic carbocycles. The number of hydrogen-bond donors (Lipinski definition) is 2. The molecule has 0 bridgehead atoms. The predicted octanol–water partition coefficient (Wildman–Crippen LogP) is 7.31. The van der Waals surface area contributed by atoms with Crippen molar-refractivity contribution in [2.75, 3.05) is 10.6 Å². The zero-order chi connectivity index (χ0) is 21.9. The van der Waals surface area contributed by atoms with E-state index in [9.17, 15) is 0 Å². The van der Waals surface area contributed by atoms with Gasteiger partial charge in [0.1, 0.15) is 0 Å². The third kappa shape index (κ3) is 4.47. The fourth-order valence-corrected chi connectivity index (χ4v) is 4.13. The highest BCUT2D eigenvalue weighted by molar-refractivity contribution is 6.31. The molecule has 0 fully saturated rings. The quantitative estimate of drug-likeness (QED) is 0.280. The number of aromatic nitrogens is 2. The Morgan fingerprint density at radius 3 is 1.59 bits per heavy atom. The largest absolute Gasteiger partial charge is 0.380 e. The van der Waals surface area contributed by atoms with Crippen LogP contribution >= 0.6 is 23.2 Å². The molecule has 5 aromatic rings. The summed E-state index contributed by atoms with van der Waals surface area (Å²) in [6, 6.07) is 24.1. The van der Waals surface area contributed by atoms with Gasteiger partial charge in [0.2, 0.25) is 0 Å². The Kier molecular flexibility index (Phi) is 5.80. The molecule has 2 aromatic heterocycles. The van der Waals surface area contributed by atoms with Crippen LogP contribution in [0.2, 0.25) is 10.0 Å². The molecular weight excluding hydrogens is 439 g/mol. The number of rotatable bonds is 6. The second-order valence-electron chi connectivity index (χ2n) is 7.57. The van der Waals surface area contributed by atoms with Crippen LogP contribution in [0.4, 0.5) is 11.4 Å². The van der Waals surface area contributed by atoms with Gasteiger partial charge < -0.3 is 10.6 Å². The average Bonchev–Trinajstić information content (AvgIpc) is 2.81. The van der Waals surface area contributed by atoms with Crippen LogP contribution in [0.3, 0.4) is 0 Å². The molecule has 0 aliphatic heterocycles. The van der Waals surface area contributed by atoms with E-state index in [2.05, 4.69) is 44.9 Å². The number of anilines is 2. The third-order valence-corrected chi connectivity index (χ3v) is 5.84. The minimum atomic E-state index is 0.687. The minimum Gasteiger partial charge on any atom is -0.380 e. The van der Waals surface area contributed by atoms with Gasteiger partial charge in [0, 0.05) is 57.7 Å². The Hall–Kier alpha value is -3.34. The van der Waals surface area contributed by atoms with Crippen LogP contribution < -0.4 is 10.6 Å². The highest BCUT2D eigenvalue weighted by Gasteiger charge is 2.05. The fraction of sp³-hybridized carbons (Fsp3) is 0.0769. The number of pyridine rings is 2. The van der Waals surface area contributed by atoms with Crippen molar-refractivity contribution in [1.82, 2.24) is 9.97 Å². The van der Waals surface area contributed by atoms with Crippen LogP contribution in [-0.4, -0.2) is 9.97 Å². The van der Waals surface area contributed by atoms with Gasteiger partial charge in [-0.25, -0.2) is 0 Å². The second kappa shape index (κ2) is 9.03. The summed E-state index contributed by atoms with van der Waals surface area (Å²) in [5, 5.41) is 10.5. The van der Waals surface area contributed by atoms with Crippen molar-refractivity contribution in [3.8, 4) is 0 Å². The SMILES string of the molecule is Clc1ccc2c(NCc3cccc(CNc4ccnc5cc(Cl)ccc45)c3)ccnc2c1. The lowest BCUT2D eigenvalue weighted by atomic mass is 10.1. The lowest BCUT2D eigenvalue weighted by Gasteiger charge is -2.12. The van der Waals surface area contributed by atoms with Gasteiger partial charge in [0.25, 0.3) is 0 Å². The third-order valence-electron chi connectivity index (χ3n) is 5.37. The van der Waals surface area contributed by atoms with Crippen LogP contribution in [-0.2, 0) is 13.1 Å². The van der Waals surface area contributed by atoms with E-state index in [1.807, 2.05) is 48.5 Å². The highest BCUT2D eigenvalue weighted by Crippen LogP contribution is 2.26. The van der Waals surface area contributed by atoms with Crippen molar-refractivity contribution in [1.29, 1.82) is 0 Å². The molecule has 32 heavy (non-hydrogen) atoms. The number of hydrogen-bond acceptors (Lipinski definition) is 4. The zero-order valence-electron chi connectivity index (χ0n) is 17.1. The summed E-state index contributed by atoms with van der Waals surface area (Å²) in [4.78, 5) is 8.81. The van der Waals surface area contributed by atoms with Gasteiger partial charge in [-0.05, 0) is 59.7 Å². The van der Waals surface area contributed by atoms with Gasteiger partial charge >= 0.3 is 0 Å². The van der Waals surface area contributed by atoms with Gasteiger partial charge in [-0.3, -0.25) is 9.97 Å². The molecule has 0 radical (unpaired) electrons.